The van der Waals surface area contributed by atoms with E-state index in [1.54, 1.807) is 0 Å². The molecule has 0 amide bonds. The minimum atomic E-state index is -3.38. The van der Waals surface area contributed by atoms with Crippen LogP contribution in [0.5, 0.6) is 0 Å². The highest BCUT2D eigenvalue weighted by Gasteiger charge is 2.66. The molecular weight excluding hydrogens is 411 g/mol. The van der Waals surface area contributed by atoms with Crippen LogP contribution < -0.4 is 0 Å². The molecule has 0 aliphatic heterocycles. The number of aliphatic hydroxyl groups excluding tert-OH is 1. The van der Waals surface area contributed by atoms with Gasteiger partial charge in [-0.15, -0.1) is 0 Å². The standard InChI is InChI=1S/C25H45O5P/c1-17(6-5-15-30-31(4,28)29)20-7-8-21-24(20,3)13-11-22-23(2)12-10-19(26)16-18(23)9-14-25(21,22)27/h17-22,26-29H,4-16H2,1-3H3/t17-,18+,19+,20-,21-,22-,23+,24-,25-/m1/s1. The van der Waals surface area contributed by atoms with Gasteiger partial charge >= 0.3 is 0 Å². The van der Waals surface area contributed by atoms with Crippen LogP contribution in [-0.2, 0) is 4.52 Å². The molecule has 4 aliphatic rings. The van der Waals surface area contributed by atoms with Crippen molar-refractivity contribution in [3.63, 3.8) is 0 Å². The minimum Gasteiger partial charge on any atom is -0.393 e. The SMILES string of the molecule is C=P(O)(O)OCCC[C@@H](C)[C@H]1CC[C@@H]2[C@]1(C)CC[C@@H]1[C@@]3(C)CC[C@H](O)C[C@@H]3CC[C@]12O. The topological polar surface area (TPSA) is 90.2 Å². The van der Waals surface area contributed by atoms with Gasteiger partial charge in [0.1, 0.15) is 0 Å². The molecule has 0 unspecified atom stereocenters. The predicted molar refractivity (Wildman–Crippen MR) is 126 cm³/mol. The van der Waals surface area contributed by atoms with Crippen LogP contribution in [0, 0.1) is 40.4 Å². The van der Waals surface area contributed by atoms with Gasteiger partial charge < -0.3 is 24.5 Å². The summed E-state index contributed by atoms with van der Waals surface area (Å²) in [7, 11) is -3.38. The van der Waals surface area contributed by atoms with Crippen molar-refractivity contribution in [1.82, 2.24) is 0 Å². The molecule has 9 atom stereocenters. The third kappa shape index (κ3) is 4.21. The van der Waals surface area contributed by atoms with Crippen molar-refractivity contribution in [1.29, 1.82) is 0 Å². The molecule has 5 nitrogen and oxygen atoms in total. The lowest BCUT2D eigenvalue weighted by Crippen LogP contribution is -2.64. The Morgan fingerprint density at radius 2 is 1.68 bits per heavy atom. The van der Waals surface area contributed by atoms with E-state index in [2.05, 4.69) is 27.1 Å². The average molecular weight is 457 g/mol. The molecule has 31 heavy (non-hydrogen) atoms. The van der Waals surface area contributed by atoms with Crippen LogP contribution in [0.25, 0.3) is 0 Å². The van der Waals surface area contributed by atoms with Crippen molar-refractivity contribution in [2.75, 3.05) is 6.61 Å². The molecule has 4 saturated carbocycles. The predicted octanol–water partition coefficient (Wildman–Crippen LogP) is 4.73. The molecular formula is C25H45O5P. The Morgan fingerprint density at radius 1 is 1.00 bits per heavy atom. The number of fused-ring (bicyclic) bond motifs is 5. The van der Waals surface area contributed by atoms with Crippen LogP contribution >= 0.6 is 7.57 Å². The summed E-state index contributed by atoms with van der Waals surface area (Å²) in [5.41, 5.74) is -0.198. The highest BCUT2D eigenvalue weighted by molar-refractivity contribution is 7.57. The molecule has 6 heteroatoms. The van der Waals surface area contributed by atoms with Gasteiger partial charge in [-0.05, 0) is 117 Å². The van der Waals surface area contributed by atoms with E-state index < -0.39 is 13.2 Å². The largest absolute Gasteiger partial charge is 0.393 e. The fraction of sp³-hybridized carbons (Fsp3) is 0.960. The number of hydrogen-bond acceptors (Lipinski definition) is 5. The second kappa shape index (κ2) is 8.40. The Labute approximate surface area is 188 Å². The van der Waals surface area contributed by atoms with Gasteiger partial charge in [-0.2, -0.15) is 0 Å². The van der Waals surface area contributed by atoms with E-state index >= 15 is 0 Å². The van der Waals surface area contributed by atoms with E-state index in [9.17, 15) is 20.0 Å². The zero-order chi connectivity index (χ0) is 22.7. The second-order valence-corrected chi connectivity index (χ2v) is 13.7. The minimum absolute atomic E-state index is 0.147. The summed E-state index contributed by atoms with van der Waals surface area (Å²) in [6.45, 7) is 7.55. The van der Waals surface area contributed by atoms with Gasteiger partial charge in [0.25, 0.3) is 0 Å². The summed E-state index contributed by atoms with van der Waals surface area (Å²) in [6.07, 6.45) is 14.4. The molecule has 0 bridgehead atoms. The van der Waals surface area contributed by atoms with Crippen molar-refractivity contribution in [2.45, 2.75) is 103 Å². The first-order valence-electron chi connectivity index (χ1n) is 12.6. The maximum atomic E-state index is 12.3. The number of hydrogen-bond donors (Lipinski definition) is 4. The Kier molecular flexibility index (Phi) is 6.56. The molecule has 0 saturated heterocycles. The molecule has 4 aliphatic carbocycles. The van der Waals surface area contributed by atoms with E-state index in [1.807, 2.05) is 0 Å². The Bertz CT molecular complexity index is 708. The zero-order valence-corrected chi connectivity index (χ0v) is 20.7. The molecule has 0 spiro atoms. The van der Waals surface area contributed by atoms with Crippen molar-refractivity contribution in [3.8, 4) is 0 Å². The molecule has 4 rings (SSSR count). The average Bonchev–Trinajstić information content (AvgIpc) is 3.03. The van der Waals surface area contributed by atoms with Crippen LogP contribution in [0.1, 0.15) is 91.4 Å². The molecule has 0 radical (unpaired) electrons. The van der Waals surface area contributed by atoms with Crippen LogP contribution in [0.2, 0.25) is 0 Å². The quantitative estimate of drug-likeness (QED) is 0.343. The molecule has 0 aromatic rings. The highest BCUT2D eigenvalue weighted by Crippen LogP contribution is 2.69. The van der Waals surface area contributed by atoms with E-state index in [-0.39, 0.29) is 16.9 Å². The third-order valence-electron chi connectivity index (χ3n) is 10.6. The molecule has 0 heterocycles. The van der Waals surface area contributed by atoms with E-state index in [1.165, 1.54) is 12.8 Å². The lowest BCUT2D eigenvalue weighted by molar-refractivity contribution is -0.227. The molecule has 180 valence electrons. The van der Waals surface area contributed by atoms with Crippen molar-refractivity contribution >= 4 is 13.9 Å². The van der Waals surface area contributed by atoms with E-state index in [0.29, 0.717) is 36.2 Å². The second-order valence-electron chi connectivity index (χ2n) is 12.1. The van der Waals surface area contributed by atoms with Crippen molar-refractivity contribution in [3.05, 3.63) is 0 Å². The first-order chi connectivity index (χ1) is 14.4. The maximum absolute atomic E-state index is 12.3. The van der Waals surface area contributed by atoms with Gasteiger partial charge in [0.15, 0.2) is 0 Å². The van der Waals surface area contributed by atoms with Crippen LogP contribution in [0.15, 0.2) is 0 Å². The maximum Gasteiger partial charge on any atom is 0.245 e. The Morgan fingerprint density at radius 3 is 2.39 bits per heavy atom. The normalized spacial score (nSPS) is 48.5. The summed E-state index contributed by atoms with van der Waals surface area (Å²) in [5, 5.41) is 22.5. The van der Waals surface area contributed by atoms with Crippen LogP contribution in [0.4, 0.5) is 0 Å². The highest BCUT2D eigenvalue weighted by atomic mass is 31.2. The van der Waals surface area contributed by atoms with Gasteiger partial charge in [-0.1, -0.05) is 20.8 Å². The Balaban J connectivity index is 1.46. The Hall–Kier alpha value is 0.100. The van der Waals surface area contributed by atoms with Gasteiger partial charge in [-0.3, -0.25) is 0 Å². The molecule has 0 aromatic heterocycles. The smallest absolute Gasteiger partial charge is 0.245 e. The summed E-state index contributed by atoms with van der Waals surface area (Å²) in [5.74, 6) is 2.44. The lowest BCUT2D eigenvalue weighted by atomic mass is 9.42. The molecule has 4 fully saturated rings. The number of rotatable bonds is 6. The van der Waals surface area contributed by atoms with Gasteiger partial charge in [0, 0.05) is 0 Å². The summed E-state index contributed by atoms with van der Waals surface area (Å²) < 4.78 is 5.08. The lowest BCUT2D eigenvalue weighted by Gasteiger charge is -2.64. The third-order valence-corrected chi connectivity index (χ3v) is 11.2. The molecule has 0 aromatic carbocycles. The number of aliphatic hydroxyl groups is 2. The van der Waals surface area contributed by atoms with Gasteiger partial charge in [0.2, 0.25) is 7.57 Å². The van der Waals surface area contributed by atoms with E-state index in [0.717, 1.165) is 57.8 Å². The first-order valence-corrected chi connectivity index (χ1v) is 14.4. The van der Waals surface area contributed by atoms with E-state index in [4.69, 9.17) is 4.52 Å². The summed E-state index contributed by atoms with van der Waals surface area (Å²) in [4.78, 5) is 18.7. The fourth-order valence-electron chi connectivity index (χ4n) is 9.10. The summed E-state index contributed by atoms with van der Waals surface area (Å²) >= 11 is 0. The first kappa shape index (κ1) is 24.2. The van der Waals surface area contributed by atoms with Gasteiger partial charge in [0.05, 0.1) is 18.3 Å². The molecule has 4 N–H and O–H groups in total. The zero-order valence-electron chi connectivity index (χ0n) is 19.8. The van der Waals surface area contributed by atoms with Crippen molar-refractivity contribution in [2.24, 2.45) is 40.4 Å². The van der Waals surface area contributed by atoms with Crippen LogP contribution in [-0.4, -0.2) is 44.6 Å². The van der Waals surface area contributed by atoms with Gasteiger partial charge in [-0.25, -0.2) is 0 Å². The van der Waals surface area contributed by atoms with Crippen LogP contribution in [0.3, 0.4) is 0 Å². The summed E-state index contributed by atoms with van der Waals surface area (Å²) in [6, 6.07) is 0. The fourth-order valence-corrected chi connectivity index (χ4v) is 9.52. The van der Waals surface area contributed by atoms with Crippen molar-refractivity contribution < 1.29 is 24.5 Å². The monoisotopic (exact) mass is 456 g/mol.